The van der Waals surface area contributed by atoms with E-state index in [2.05, 4.69) is 81.2 Å². The Hall–Kier alpha value is -7.81. The summed E-state index contributed by atoms with van der Waals surface area (Å²) in [5.41, 5.74) is 9.99. The van der Waals surface area contributed by atoms with Crippen molar-refractivity contribution in [2.24, 2.45) is 16.7 Å². The van der Waals surface area contributed by atoms with Crippen LogP contribution >= 0.6 is 22.9 Å². The number of piperazine rings is 1. The Morgan fingerprint density at radius 2 is 1.57 bits per heavy atom. The number of rotatable bonds is 29. The predicted octanol–water partition coefficient (Wildman–Crippen LogP) is 13.5. The zero-order valence-corrected chi connectivity index (χ0v) is 64.0. The number of aromatic nitrogens is 3. The van der Waals surface area contributed by atoms with E-state index in [0.29, 0.717) is 50.2 Å². The molecule has 1 aliphatic carbocycles. The van der Waals surface area contributed by atoms with Gasteiger partial charge >= 0.3 is 0 Å². The molecule has 6 N–H and O–H groups in total. The van der Waals surface area contributed by atoms with Gasteiger partial charge in [-0.15, -0.1) is 11.3 Å². The second-order valence-electron chi connectivity index (χ2n) is 31.3. The minimum Gasteiger partial charge on any atom is -0.455 e. The predicted molar refractivity (Wildman–Crippen MR) is 416 cm³/mol. The largest absolute Gasteiger partial charge is 0.455 e. The number of pyridine rings is 1. The van der Waals surface area contributed by atoms with Crippen molar-refractivity contribution in [1.82, 2.24) is 49.9 Å². The zero-order valence-electron chi connectivity index (χ0n) is 61.6. The number of halogens is 1. The van der Waals surface area contributed by atoms with Crippen LogP contribution in [0.15, 0.2) is 125 Å². The fourth-order valence-electron chi connectivity index (χ4n) is 15.8. The number of nitro benzene ring substituents is 1. The quantitative estimate of drug-likeness (QED) is 0.0145. The SMILES string of the molecule is Cc1ncsc1-c1ccc(CNC(=O)[C@@H]2C[C@@H](O)CN2C(=O)[C@@H](NCCCCCCCCN2CCC(N3CCC(CNc4ccc(S(=O)(=O)NC(=O)c5ccc(N6CCN(CC7=C(c8ccc(Cl)cc8)CC(C)(C)CC7)CC6)cc5Oc5cnc6[nH]ccc6c5)cc4[N+](=O)[O-])CC3)CC2)C(C)(C)C)cc1. The van der Waals surface area contributed by atoms with Gasteiger partial charge in [0, 0.05) is 99.2 Å². The molecule has 105 heavy (non-hydrogen) atoms. The maximum atomic E-state index is 14.3. The lowest BCUT2D eigenvalue weighted by molar-refractivity contribution is -0.384. The van der Waals surface area contributed by atoms with Crippen molar-refractivity contribution in [3.63, 3.8) is 0 Å². The molecular weight excluding hydrogens is 1390 g/mol. The molecule has 3 atom stereocenters. The number of nitro groups is 1. The van der Waals surface area contributed by atoms with Crippen LogP contribution in [0, 0.1) is 33.8 Å². The highest BCUT2D eigenvalue weighted by atomic mass is 35.5. The molecule has 22 nitrogen and oxygen atoms in total. The highest BCUT2D eigenvalue weighted by molar-refractivity contribution is 7.90. The van der Waals surface area contributed by atoms with Gasteiger partial charge in [0.2, 0.25) is 11.8 Å². The topological polar surface area (TPSA) is 264 Å². The number of unbranched alkanes of at least 4 members (excludes halogenated alkanes) is 5. The number of ether oxygens (including phenoxy) is 1. The number of carbonyl (C=O) groups excluding carboxylic acids is 3. The maximum Gasteiger partial charge on any atom is 0.293 e. The summed E-state index contributed by atoms with van der Waals surface area (Å²) >= 11 is 7.89. The second kappa shape index (κ2) is 34.4. The van der Waals surface area contributed by atoms with E-state index in [4.69, 9.17) is 16.3 Å². The molecule has 0 saturated carbocycles. The standard InChI is InChI=1S/C80H104ClN13O9S2/c1-54-73(104-53-87-54)58-15-13-55(14-16-58)49-86-77(97)71-45-64(95)52-93(71)78(98)74(79(2,3)4)82-32-11-9-7-8-10-12-34-89-35-29-62(30-36-89)91-37-27-56(28-38-91)48-84-69-24-22-66(46-70(69)94(99)100)105(101,102)88-76(96)67-23-21-63(44-72(67)103-65-43-59-26-33-83-75(59)85-50-65)92-41-39-90(40-42-92)51-60-25-31-80(5,6)47-68(60)57-17-19-61(81)20-18-57/h13-24,26,33,43-44,46,50,53,56,62,64,71,74,82,84,95H,7-12,25,27-32,34-42,45,47-49,51-52H2,1-6H3,(H,83,85)(H,86,97)(H,88,96)/t64-,71+,74-/m1/s1. The van der Waals surface area contributed by atoms with Crippen LogP contribution in [0.5, 0.6) is 11.5 Å². The van der Waals surface area contributed by atoms with Crippen molar-refractivity contribution in [3.05, 3.63) is 158 Å². The number of nitrogens with zero attached hydrogens (tertiary/aromatic N) is 8. The minimum absolute atomic E-state index is 0.0410. The number of aliphatic hydroxyl groups is 1. The van der Waals surface area contributed by atoms with Crippen molar-refractivity contribution < 1.29 is 37.6 Å². The van der Waals surface area contributed by atoms with E-state index in [1.54, 1.807) is 46.7 Å². The second-order valence-corrected chi connectivity index (χ2v) is 34.3. The van der Waals surface area contributed by atoms with E-state index in [-0.39, 0.29) is 53.1 Å². The Balaban J connectivity index is 0.555. The Labute approximate surface area is 627 Å². The summed E-state index contributed by atoms with van der Waals surface area (Å²) < 4.78 is 36.8. The molecule has 7 heterocycles. The van der Waals surface area contributed by atoms with E-state index in [1.165, 1.54) is 41.5 Å². The molecule has 4 aliphatic heterocycles. The molecule has 25 heteroatoms. The third kappa shape index (κ3) is 19.9. The molecule has 0 bridgehead atoms. The van der Waals surface area contributed by atoms with E-state index >= 15 is 0 Å². The summed E-state index contributed by atoms with van der Waals surface area (Å²) in [5, 5.41) is 34.7. The van der Waals surface area contributed by atoms with Gasteiger partial charge in [0.1, 0.15) is 28.9 Å². The number of β-amino-alcohol motifs (C(OH)–C–C–N with tert-alkyl or cyclic N) is 1. The van der Waals surface area contributed by atoms with Gasteiger partial charge in [-0.25, -0.2) is 23.1 Å². The number of aromatic amines is 1. The van der Waals surface area contributed by atoms with Crippen LogP contribution in [0.1, 0.15) is 152 Å². The number of H-pyrrole nitrogens is 1. The summed E-state index contributed by atoms with van der Waals surface area (Å²) in [6, 6.07) is 28.0. The molecular formula is C80H104ClN13O9S2. The van der Waals surface area contributed by atoms with E-state index in [1.807, 2.05) is 75.7 Å². The fraction of sp³-hybridized carbons (Fsp3) is 0.512. The van der Waals surface area contributed by atoms with Crippen LogP contribution in [0.3, 0.4) is 0 Å². The molecule has 4 fully saturated rings. The Morgan fingerprint density at radius 1 is 0.848 bits per heavy atom. The van der Waals surface area contributed by atoms with Crippen LogP contribution in [0.2, 0.25) is 5.02 Å². The first-order chi connectivity index (χ1) is 50.4. The van der Waals surface area contributed by atoms with Gasteiger partial charge in [0.05, 0.1) is 49.8 Å². The third-order valence-electron chi connectivity index (χ3n) is 22.0. The molecule has 562 valence electrons. The molecule has 4 aromatic carbocycles. The molecule has 5 aliphatic rings. The maximum absolute atomic E-state index is 14.3. The van der Waals surface area contributed by atoms with Gasteiger partial charge in [-0.1, -0.05) is 114 Å². The first-order valence-corrected chi connectivity index (χ1v) is 40.4. The zero-order chi connectivity index (χ0) is 74.0. The number of fused-ring (bicyclic) bond motifs is 1. The monoisotopic (exact) mass is 1490 g/mol. The van der Waals surface area contributed by atoms with Crippen LogP contribution in [0.25, 0.3) is 27.0 Å². The summed E-state index contributed by atoms with van der Waals surface area (Å²) in [4.78, 5) is 78.1. The van der Waals surface area contributed by atoms with Crippen molar-refractivity contribution in [1.29, 1.82) is 0 Å². The molecule has 3 amide bonds. The molecule has 0 radical (unpaired) electrons. The molecule has 3 aromatic heterocycles. The lowest BCUT2D eigenvalue weighted by atomic mass is 9.72. The van der Waals surface area contributed by atoms with Gasteiger partial charge in [-0.2, -0.15) is 0 Å². The number of aryl methyl sites for hydroxylation is 1. The first kappa shape index (κ1) is 76.8. The number of allylic oxidation sites excluding steroid dienone is 1. The number of thiazole rings is 1. The number of hydrogen-bond acceptors (Lipinski definition) is 18. The van der Waals surface area contributed by atoms with Gasteiger partial charge in [0.15, 0.2) is 0 Å². The Kier molecular flexibility index (Phi) is 25.2. The van der Waals surface area contributed by atoms with Crippen LogP contribution in [-0.2, 0) is 26.2 Å². The number of sulfonamides is 1. The lowest BCUT2D eigenvalue weighted by Gasteiger charge is -2.42. The first-order valence-electron chi connectivity index (χ1n) is 37.6. The number of carbonyl (C=O) groups is 3. The average molecular weight is 1490 g/mol. The molecule has 0 unspecified atom stereocenters. The van der Waals surface area contributed by atoms with Crippen molar-refractivity contribution in [2.45, 2.75) is 167 Å². The minimum atomic E-state index is -4.62. The number of amides is 3. The Morgan fingerprint density at radius 3 is 2.29 bits per heavy atom. The summed E-state index contributed by atoms with van der Waals surface area (Å²) in [7, 11) is -4.62. The van der Waals surface area contributed by atoms with Crippen molar-refractivity contribution >= 4 is 84.4 Å². The van der Waals surface area contributed by atoms with Gasteiger partial charge in [-0.3, -0.25) is 29.4 Å². The summed E-state index contributed by atoms with van der Waals surface area (Å²) in [5.74, 6) is -0.615. The molecule has 7 aromatic rings. The fourth-order valence-corrected chi connectivity index (χ4v) is 17.7. The van der Waals surface area contributed by atoms with E-state index < -0.39 is 55.0 Å². The number of hydrogen-bond donors (Lipinski definition) is 6. The highest BCUT2D eigenvalue weighted by Gasteiger charge is 2.44. The molecule has 12 rings (SSSR count). The number of aliphatic hydroxyl groups excluding tert-OH is 1. The van der Waals surface area contributed by atoms with E-state index in [9.17, 15) is 38.0 Å². The van der Waals surface area contributed by atoms with Crippen LogP contribution in [0.4, 0.5) is 17.1 Å². The summed E-state index contributed by atoms with van der Waals surface area (Å²) in [6.45, 7) is 23.5. The van der Waals surface area contributed by atoms with Crippen LogP contribution in [-0.4, -0.2) is 180 Å². The number of likely N-dealkylation sites (tertiary alicyclic amines) is 3. The van der Waals surface area contributed by atoms with Gasteiger partial charge in [-0.05, 0) is 192 Å². The van der Waals surface area contributed by atoms with E-state index in [0.717, 1.165) is 173 Å². The molecule has 4 saturated heterocycles. The number of piperidine rings is 2. The number of nitrogens with one attached hydrogen (secondary N) is 5. The smallest absolute Gasteiger partial charge is 0.293 e. The lowest BCUT2D eigenvalue weighted by Crippen LogP contribution is -2.56. The van der Waals surface area contributed by atoms with Gasteiger partial charge < -0.3 is 50.4 Å². The highest BCUT2D eigenvalue weighted by Crippen LogP contribution is 2.44. The number of anilines is 2. The van der Waals surface area contributed by atoms with Gasteiger partial charge in [0.25, 0.3) is 21.6 Å². The average Bonchev–Trinajstić information content (AvgIpc) is 1.54. The number of benzene rings is 4. The third-order valence-corrected chi connectivity index (χ3v) is 24.6. The normalized spacial score (nSPS) is 19.3. The molecule has 0 spiro atoms. The van der Waals surface area contributed by atoms with Crippen LogP contribution < -0.4 is 30.3 Å². The van der Waals surface area contributed by atoms with Crippen molar-refractivity contribution in [3.8, 4) is 21.9 Å². The Bertz CT molecular complexity index is 4310. The summed E-state index contributed by atoms with van der Waals surface area (Å²) in [6.07, 6.45) is 16.7. The van der Waals surface area contributed by atoms with Crippen molar-refractivity contribution in [2.75, 3.05) is 95.3 Å².